The Hall–Kier alpha value is -6.78. The van der Waals surface area contributed by atoms with E-state index in [9.17, 15) is 36.7 Å². The molecule has 0 saturated carbocycles. The summed E-state index contributed by atoms with van der Waals surface area (Å²) < 4.78 is 69.9. The van der Waals surface area contributed by atoms with E-state index in [-0.39, 0.29) is 35.7 Å². The number of hydrogen-bond donors (Lipinski definition) is 5. The molecule has 54 heavy (non-hydrogen) atoms. The monoisotopic (exact) mass is 756 g/mol. The number of unbranched alkanes of at least 4 members (excludes halogenated alkanes) is 2. The topological polar surface area (TPSA) is 230 Å². The normalized spacial score (nSPS) is 11.0. The zero-order valence-corrected chi connectivity index (χ0v) is 28.4. The first kappa shape index (κ1) is 41.6. The fourth-order valence-electron chi connectivity index (χ4n) is 4.28. The summed E-state index contributed by atoms with van der Waals surface area (Å²) in [5.41, 5.74) is 24.5. The molecule has 4 aromatic rings. The molecule has 286 valence electrons. The van der Waals surface area contributed by atoms with Gasteiger partial charge in [0.2, 0.25) is 0 Å². The number of carbonyl (C=O) groups excluding carboxylic acids is 3. The van der Waals surface area contributed by atoms with Crippen molar-refractivity contribution in [1.29, 1.82) is 0 Å². The molecule has 0 aliphatic carbocycles. The Balaban J connectivity index is 0.000000609. The molecule has 0 radical (unpaired) electrons. The highest BCUT2D eigenvalue weighted by atomic mass is 19.3. The van der Waals surface area contributed by atoms with Gasteiger partial charge in [-0.1, -0.05) is 12.1 Å². The number of anilines is 4. The van der Waals surface area contributed by atoms with Crippen LogP contribution in [0.1, 0.15) is 55.9 Å². The number of alkyl halides is 4. The van der Waals surface area contributed by atoms with Gasteiger partial charge in [0.1, 0.15) is 11.5 Å². The minimum atomic E-state index is -4.66. The van der Waals surface area contributed by atoms with Crippen molar-refractivity contribution >= 4 is 52.7 Å². The van der Waals surface area contributed by atoms with E-state index < -0.39 is 42.2 Å². The Labute approximate surface area is 306 Å². The Morgan fingerprint density at radius 3 is 1.67 bits per heavy atom. The van der Waals surface area contributed by atoms with E-state index in [1.54, 1.807) is 12.1 Å². The van der Waals surface area contributed by atoms with Gasteiger partial charge in [-0.3, -0.25) is 0 Å². The second kappa shape index (κ2) is 19.7. The molecule has 4 aromatic carbocycles. The number of benzene rings is 4. The summed E-state index contributed by atoms with van der Waals surface area (Å²) in [5, 5.41) is 8.52. The lowest BCUT2D eigenvalue weighted by molar-refractivity contribution is -0.253. The van der Waals surface area contributed by atoms with Crippen molar-refractivity contribution in [2.45, 2.75) is 31.8 Å². The predicted octanol–water partition coefficient (Wildman–Crippen LogP) is 6.44. The number of carboxylic acid groups (broad SMARTS) is 1. The van der Waals surface area contributed by atoms with Crippen molar-refractivity contribution in [2.75, 3.05) is 36.1 Å². The van der Waals surface area contributed by atoms with Crippen LogP contribution >= 0.6 is 0 Å². The summed E-state index contributed by atoms with van der Waals surface area (Å²) in [6, 6.07) is 18.9. The first-order valence-corrected chi connectivity index (χ1v) is 15.9. The van der Waals surface area contributed by atoms with Crippen LogP contribution in [0, 0.1) is 0 Å². The third kappa shape index (κ3) is 14.1. The van der Waals surface area contributed by atoms with Gasteiger partial charge >= 0.3 is 36.4 Å². The Morgan fingerprint density at radius 2 is 1.15 bits per heavy atom. The van der Waals surface area contributed by atoms with Crippen LogP contribution in [0.5, 0.6) is 11.5 Å². The molecule has 0 amide bonds. The molecular weight excluding hydrogens is 720 g/mol. The molecule has 0 atom stereocenters. The maximum absolute atomic E-state index is 13.0. The van der Waals surface area contributed by atoms with Crippen molar-refractivity contribution in [2.24, 2.45) is 0 Å². The van der Waals surface area contributed by atoms with E-state index in [1.807, 2.05) is 0 Å². The fraction of sp³-hybridized carbons (Fsp3) is 0.189. The third-order valence-electron chi connectivity index (χ3n) is 6.80. The zero-order valence-electron chi connectivity index (χ0n) is 28.4. The number of carbonyl (C=O) groups is 4. The number of rotatable bonds is 15. The van der Waals surface area contributed by atoms with E-state index >= 15 is 0 Å². The number of halogens is 4. The molecule has 0 aliphatic rings. The van der Waals surface area contributed by atoms with Gasteiger partial charge in [-0.2, -0.15) is 17.6 Å². The van der Waals surface area contributed by atoms with Crippen LogP contribution in [0.15, 0.2) is 91.0 Å². The summed E-state index contributed by atoms with van der Waals surface area (Å²) >= 11 is 0. The van der Waals surface area contributed by atoms with Gasteiger partial charge < -0.3 is 47.0 Å². The number of esters is 3. The molecule has 4 rings (SSSR count). The molecule has 0 heterocycles. The molecular formula is C37H36F4N4O9. The number of carboxylic acids is 1. The molecule has 0 bridgehead atoms. The van der Waals surface area contributed by atoms with Gasteiger partial charge in [-0.25, -0.2) is 19.2 Å². The molecule has 13 nitrogen and oxygen atoms in total. The lowest BCUT2D eigenvalue weighted by atomic mass is 10.2. The van der Waals surface area contributed by atoms with Crippen molar-refractivity contribution in [3.8, 4) is 11.5 Å². The third-order valence-corrected chi connectivity index (χ3v) is 6.80. The van der Waals surface area contributed by atoms with Crippen molar-refractivity contribution in [3.05, 3.63) is 113 Å². The highest BCUT2D eigenvalue weighted by Gasteiger charge is 2.44. The second-order valence-corrected chi connectivity index (χ2v) is 11.2. The maximum atomic E-state index is 13.0. The number of nitrogen functional groups attached to an aromatic ring is 4. The second-order valence-electron chi connectivity index (χ2n) is 11.2. The standard InChI is InChI=1S/C30H28F4N2O7.C7H8N2O2/c31-29(32)30(33,34)43-25-11-7-20(8-12-25)28(39)42-24-9-4-19(5-10-24)6-13-26(37)40-14-2-1-3-15-41-27(38)21-16-22(35)18-23(36)17-21;8-5-1-4(7(10)11)2-6(9)3-5/h4-13,16-18,29H,1-3,14-15,35-36H2;1-3H,8-9H2,(H,10,11). The number of ether oxygens (including phenoxy) is 4. The molecule has 0 saturated heterocycles. The van der Waals surface area contributed by atoms with Crippen LogP contribution in [0.4, 0.5) is 40.3 Å². The Morgan fingerprint density at radius 1 is 0.648 bits per heavy atom. The van der Waals surface area contributed by atoms with Crippen LogP contribution in [0.25, 0.3) is 6.08 Å². The number of hydrogen-bond acceptors (Lipinski definition) is 12. The highest BCUT2D eigenvalue weighted by Crippen LogP contribution is 2.28. The van der Waals surface area contributed by atoms with E-state index in [0.717, 1.165) is 24.3 Å². The van der Waals surface area contributed by atoms with Crippen molar-refractivity contribution in [1.82, 2.24) is 0 Å². The lowest BCUT2D eigenvalue weighted by Gasteiger charge is -2.16. The lowest BCUT2D eigenvalue weighted by Crippen LogP contribution is -2.33. The van der Waals surface area contributed by atoms with Crippen LogP contribution in [-0.4, -0.2) is 54.7 Å². The van der Waals surface area contributed by atoms with Crippen molar-refractivity contribution in [3.63, 3.8) is 0 Å². The van der Waals surface area contributed by atoms with E-state index in [2.05, 4.69) is 4.74 Å². The summed E-state index contributed by atoms with van der Waals surface area (Å²) in [5.74, 6) is -3.30. The molecule has 9 N–H and O–H groups in total. The SMILES string of the molecule is Nc1cc(N)cc(C(=O)O)c1.Nc1cc(N)cc(C(=O)OCCCCCOC(=O)C=Cc2ccc(OC(=O)c3ccc(OC(F)(F)C(F)F)cc3)cc2)c1. The number of nitrogens with two attached hydrogens (primary N) is 4. The van der Waals surface area contributed by atoms with Gasteiger partial charge in [-0.15, -0.1) is 0 Å². The van der Waals surface area contributed by atoms with Gasteiger partial charge in [0, 0.05) is 28.8 Å². The quantitative estimate of drug-likeness (QED) is 0.0220. The van der Waals surface area contributed by atoms with Crippen molar-refractivity contribution < 1.29 is 60.8 Å². The van der Waals surface area contributed by atoms with Gasteiger partial charge in [0.05, 0.1) is 29.9 Å². The summed E-state index contributed by atoms with van der Waals surface area (Å²) in [4.78, 5) is 46.7. The van der Waals surface area contributed by atoms with E-state index in [1.165, 1.54) is 60.7 Å². The molecule has 0 aliphatic heterocycles. The molecule has 17 heteroatoms. The Kier molecular flexibility index (Phi) is 15.2. The number of aromatic carboxylic acids is 1. The molecule has 0 fully saturated rings. The summed E-state index contributed by atoms with van der Waals surface area (Å²) in [7, 11) is 0. The fourth-order valence-corrected chi connectivity index (χ4v) is 4.28. The summed E-state index contributed by atoms with van der Waals surface area (Å²) in [6.07, 6.45) is -4.12. The average molecular weight is 757 g/mol. The van der Waals surface area contributed by atoms with Gasteiger partial charge in [-0.05, 0) is 104 Å². The molecule has 0 spiro atoms. The minimum absolute atomic E-state index is 0.0242. The summed E-state index contributed by atoms with van der Waals surface area (Å²) in [6.45, 7) is 0.374. The van der Waals surface area contributed by atoms with E-state index in [4.69, 9.17) is 42.3 Å². The van der Waals surface area contributed by atoms with Crippen LogP contribution in [-0.2, 0) is 14.3 Å². The maximum Gasteiger partial charge on any atom is 0.461 e. The first-order chi connectivity index (χ1) is 25.5. The predicted molar refractivity (Wildman–Crippen MR) is 191 cm³/mol. The van der Waals surface area contributed by atoms with E-state index in [0.29, 0.717) is 47.6 Å². The molecule has 0 aromatic heterocycles. The van der Waals surface area contributed by atoms with Crippen LogP contribution in [0.3, 0.4) is 0 Å². The van der Waals surface area contributed by atoms with Crippen LogP contribution < -0.4 is 32.4 Å². The smallest absolute Gasteiger partial charge is 0.461 e. The zero-order chi connectivity index (χ0) is 39.8. The minimum Gasteiger partial charge on any atom is -0.478 e. The van der Waals surface area contributed by atoms with Gasteiger partial charge in [0.25, 0.3) is 0 Å². The molecule has 0 unspecified atom stereocenters. The average Bonchev–Trinajstić information content (AvgIpc) is 3.10. The first-order valence-electron chi connectivity index (χ1n) is 15.9. The highest BCUT2D eigenvalue weighted by molar-refractivity contribution is 5.92. The largest absolute Gasteiger partial charge is 0.478 e. The van der Waals surface area contributed by atoms with Gasteiger partial charge in [0.15, 0.2) is 0 Å². The van der Waals surface area contributed by atoms with Crippen LogP contribution in [0.2, 0.25) is 0 Å². The Bertz CT molecular complexity index is 1900.